The van der Waals surface area contributed by atoms with Gasteiger partial charge in [0.1, 0.15) is 5.60 Å². The molecule has 0 saturated heterocycles. The zero-order valence-corrected chi connectivity index (χ0v) is 7.53. The van der Waals surface area contributed by atoms with E-state index in [0.717, 1.165) is 32.1 Å². The average Bonchev–Trinajstić information content (AvgIpc) is 2.14. The van der Waals surface area contributed by atoms with Crippen molar-refractivity contribution in [3.8, 4) is 0 Å². The van der Waals surface area contributed by atoms with Crippen LogP contribution < -0.4 is 0 Å². The fraction of sp³-hybridized carbons (Fsp3) is 0.700. The Kier molecular flexibility index (Phi) is 2.22. The van der Waals surface area contributed by atoms with Crippen molar-refractivity contribution in [1.82, 2.24) is 0 Å². The van der Waals surface area contributed by atoms with Crippen molar-refractivity contribution in [2.45, 2.75) is 44.0 Å². The summed E-state index contributed by atoms with van der Waals surface area (Å²) in [4.78, 5) is 11.6. The maximum Gasteiger partial charge on any atom is 0.187 e. The number of carbonyl (C=O) groups is 1. The van der Waals surface area contributed by atoms with Crippen molar-refractivity contribution in [2.24, 2.45) is 0 Å². The average molecular weight is 182 g/mol. The van der Waals surface area contributed by atoms with Crippen molar-refractivity contribution >= 4 is 5.78 Å². The van der Waals surface area contributed by atoms with Gasteiger partial charge in [0, 0.05) is 0 Å². The summed E-state index contributed by atoms with van der Waals surface area (Å²) >= 11 is 0. The molecule has 0 aromatic heterocycles. The first-order valence-electron chi connectivity index (χ1n) is 4.81. The van der Waals surface area contributed by atoms with E-state index in [1.54, 1.807) is 0 Å². The highest BCUT2D eigenvalue weighted by atomic mass is 16.6. The fourth-order valence-corrected chi connectivity index (χ4v) is 2.14. The van der Waals surface area contributed by atoms with E-state index in [1.165, 1.54) is 12.2 Å². The van der Waals surface area contributed by atoms with E-state index < -0.39 is 11.9 Å². The lowest BCUT2D eigenvalue weighted by Gasteiger charge is -2.38. The lowest BCUT2D eigenvalue weighted by molar-refractivity contribution is -0.186. The topological polar surface area (TPSA) is 46.5 Å². The first-order chi connectivity index (χ1) is 6.23. The lowest BCUT2D eigenvalue weighted by atomic mass is 9.80. The van der Waals surface area contributed by atoms with Crippen LogP contribution in [0, 0.1) is 0 Å². The predicted molar refractivity (Wildman–Crippen MR) is 47.1 cm³/mol. The van der Waals surface area contributed by atoms with Gasteiger partial charge in [-0.3, -0.25) is 4.79 Å². The molecule has 1 fully saturated rings. The second kappa shape index (κ2) is 3.24. The minimum absolute atomic E-state index is 0.0255. The molecule has 0 aromatic rings. The highest BCUT2D eigenvalue weighted by Gasteiger charge is 2.42. The molecule has 0 bridgehead atoms. The molecule has 0 unspecified atom stereocenters. The SMILES string of the molecule is O=C1C=C[C@H](O)OC12CCCCC2. The molecule has 1 saturated carbocycles. The molecule has 13 heavy (non-hydrogen) atoms. The van der Waals surface area contributed by atoms with Gasteiger partial charge >= 0.3 is 0 Å². The molecule has 1 aliphatic heterocycles. The fourth-order valence-electron chi connectivity index (χ4n) is 2.14. The Bertz CT molecular complexity index is 239. The zero-order valence-electron chi connectivity index (χ0n) is 7.53. The van der Waals surface area contributed by atoms with Crippen molar-refractivity contribution in [2.75, 3.05) is 0 Å². The summed E-state index contributed by atoms with van der Waals surface area (Å²) in [6, 6.07) is 0. The number of aliphatic hydroxyl groups is 1. The standard InChI is InChI=1S/C10H14O3/c11-8-4-5-9(12)13-10(8)6-2-1-3-7-10/h4-5,9,12H,1-3,6-7H2/t9-/m1/s1. The van der Waals surface area contributed by atoms with Gasteiger partial charge in [-0.05, 0) is 25.0 Å². The Balaban J connectivity index is 2.19. The van der Waals surface area contributed by atoms with E-state index >= 15 is 0 Å². The Morgan fingerprint density at radius 1 is 1.38 bits per heavy atom. The molecular formula is C10H14O3. The van der Waals surface area contributed by atoms with Crippen molar-refractivity contribution in [1.29, 1.82) is 0 Å². The van der Waals surface area contributed by atoms with Gasteiger partial charge in [-0.15, -0.1) is 0 Å². The van der Waals surface area contributed by atoms with Crippen LogP contribution in [0.2, 0.25) is 0 Å². The number of ether oxygens (including phenoxy) is 1. The summed E-state index contributed by atoms with van der Waals surface area (Å²) in [5.41, 5.74) is -0.688. The molecule has 1 heterocycles. The summed E-state index contributed by atoms with van der Waals surface area (Å²) in [6.45, 7) is 0. The largest absolute Gasteiger partial charge is 0.365 e. The maximum absolute atomic E-state index is 11.6. The van der Waals surface area contributed by atoms with Crippen molar-refractivity contribution in [3.05, 3.63) is 12.2 Å². The number of hydrogen-bond donors (Lipinski definition) is 1. The quantitative estimate of drug-likeness (QED) is 0.611. The highest BCUT2D eigenvalue weighted by Crippen LogP contribution is 2.35. The van der Waals surface area contributed by atoms with Crippen LogP contribution in [0.5, 0.6) is 0 Å². The number of aliphatic hydroxyl groups excluding tert-OH is 1. The minimum atomic E-state index is -0.893. The first kappa shape index (κ1) is 8.91. The Morgan fingerprint density at radius 2 is 2.08 bits per heavy atom. The minimum Gasteiger partial charge on any atom is -0.365 e. The van der Waals surface area contributed by atoms with E-state index in [9.17, 15) is 9.90 Å². The van der Waals surface area contributed by atoms with Crippen LogP contribution in [0.4, 0.5) is 0 Å². The summed E-state index contributed by atoms with van der Waals surface area (Å²) in [7, 11) is 0. The predicted octanol–water partition coefficient (Wildman–Crippen LogP) is 1.16. The van der Waals surface area contributed by atoms with E-state index in [4.69, 9.17) is 4.74 Å². The van der Waals surface area contributed by atoms with Gasteiger partial charge in [0.05, 0.1) is 0 Å². The lowest BCUT2D eigenvalue weighted by Crippen LogP contribution is -2.47. The summed E-state index contributed by atoms with van der Waals surface area (Å²) in [6.07, 6.45) is 6.69. The maximum atomic E-state index is 11.6. The van der Waals surface area contributed by atoms with Crippen LogP contribution in [-0.2, 0) is 9.53 Å². The molecule has 1 atom stereocenters. The molecule has 1 N–H and O–H groups in total. The third-order valence-electron chi connectivity index (χ3n) is 2.87. The third kappa shape index (κ3) is 1.54. The number of rotatable bonds is 0. The molecule has 0 radical (unpaired) electrons. The third-order valence-corrected chi connectivity index (χ3v) is 2.87. The molecular weight excluding hydrogens is 168 g/mol. The van der Waals surface area contributed by atoms with E-state index in [0.29, 0.717) is 0 Å². The highest BCUT2D eigenvalue weighted by molar-refractivity contribution is 5.97. The van der Waals surface area contributed by atoms with Crippen LogP contribution in [0.3, 0.4) is 0 Å². The zero-order chi connectivity index (χ0) is 9.31. The number of ketones is 1. The molecule has 1 spiro atoms. The monoisotopic (exact) mass is 182 g/mol. The number of hydrogen-bond acceptors (Lipinski definition) is 3. The Morgan fingerprint density at radius 3 is 2.77 bits per heavy atom. The molecule has 0 amide bonds. The molecule has 72 valence electrons. The van der Waals surface area contributed by atoms with Gasteiger partial charge in [-0.25, -0.2) is 0 Å². The molecule has 3 heteroatoms. The van der Waals surface area contributed by atoms with Crippen molar-refractivity contribution in [3.63, 3.8) is 0 Å². The van der Waals surface area contributed by atoms with E-state index in [-0.39, 0.29) is 5.78 Å². The van der Waals surface area contributed by atoms with E-state index in [1.807, 2.05) is 0 Å². The molecule has 2 aliphatic rings. The van der Waals surface area contributed by atoms with Gasteiger partial charge in [0.2, 0.25) is 0 Å². The number of carbonyl (C=O) groups excluding carboxylic acids is 1. The van der Waals surface area contributed by atoms with Gasteiger partial charge in [-0.1, -0.05) is 19.3 Å². The van der Waals surface area contributed by atoms with Gasteiger partial charge in [0.15, 0.2) is 12.1 Å². The van der Waals surface area contributed by atoms with Crippen molar-refractivity contribution < 1.29 is 14.6 Å². The first-order valence-corrected chi connectivity index (χ1v) is 4.81. The smallest absolute Gasteiger partial charge is 0.187 e. The molecule has 0 aromatic carbocycles. The van der Waals surface area contributed by atoms with Gasteiger partial charge in [0.25, 0.3) is 0 Å². The van der Waals surface area contributed by atoms with Crippen LogP contribution in [0.15, 0.2) is 12.2 Å². The normalized spacial score (nSPS) is 32.4. The van der Waals surface area contributed by atoms with Crippen LogP contribution >= 0.6 is 0 Å². The molecule has 3 nitrogen and oxygen atoms in total. The molecule has 1 aliphatic carbocycles. The Hall–Kier alpha value is -0.670. The van der Waals surface area contributed by atoms with Gasteiger partial charge in [-0.2, -0.15) is 0 Å². The summed E-state index contributed by atoms with van der Waals surface area (Å²) in [5, 5.41) is 9.28. The Labute approximate surface area is 77.4 Å². The summed E-state index contributed by atoms with van der Waals surface area (Å²) < 4.78 is 5.35. The van der Waals surface area contributed by atoms with Crippen LogP contribution in [-0.4, -0.2) is 22.8 Å². The van der Waals surface area contributed by atoms with Crippen LogP contribution in [0.25, 0.3) is 0 Å². The van der Waals surface area contributed by atoms with E-state index in [2.05, 4.69) is 0 Å². The molecule has 2 rings (SSSR count). The summed E-state index contributed by atoms with van der Waals surface area (Å²) in [5.74, 6) is 0.0255. The second-order valence-corrected chi connectivity index (χ2v) is 3.79. The van der Waals surface area contributed by atoms with Gasteiger partial charge < -0.3 is 9.84 Å². The second-order valence-electron chi connectivity index (χ2n) is 3.79. The van der Waals surface area contributed by atoms with Crippen LogP contribution in [0.1, 0.15) is 32.1 Å².